The largest absolute Gasteiger partial charge is 0.0853 e. The maximum absolute atomic E-state index is 2.56. The van der Waals surface area contributed by atoms with Crippen molar-refractivity contribution in [1.82, 2.24) is 0 Å². The van der Waals surface area contributed by atoms with Crippen molar-refractivity contribution in [1.29, 1.82) is 0 Å². The lowest BCUT2D eigenvalue weighted by Gasteiger charge is -2.41. The van der Waals surface area contributed by atoms with Crippen LogP contribution >= 0.6 is 0 Å². The molecule has 5 atom stereocenters. The molecule has 0 nitrogen and oxygen atoms in total. The van der Waals surface area contributed by atoms with Gasteiger partial charge in [0.1, 0.15) is 0 Å². The molecule has 2 aliphatic carbocycles. The summed E-state index contributed by atoms with van der Waals surface area (Å²) in [7, 11) is 0. The average molecular weight is 277 g/mol. The van der Waals surface area contributed by atoms with Gasteiger partial charge in [-0.3, -0.25) is 0 Å². The molecule has 2 rings (SSSR count). The zero-order valence-corrected chi connectivity index (χ0v) is 14.7. The Morgan fingerprint density at radius 3 is 2.45 bits per heavy atom. The van der Waals surface area contributed by atoms with Gasteiger partial charge in [-0.1, -0.05) is 39.3 Å². The number of hydrogen-bond acceptors (Lipinski definition) is 0. The minimum Gasteiger partial charge on any atom is -0.0853 e. The highest BCUT2D eigenvalue weighted by Crippen LogP contribution is 2.59. The van der Waals surface area contributed by atoms with Gasteiger partial charge in [0.15, 0.2) is 0 Å². The molecule has 20 heavy (non-hydrogen) atoms. The molecule has 0 amide bonds. The highest BCUT2D eigenvalue weighted by atomic mass is 14.6. The second-order valence-corrected chi connectivity index (χ2v) is 8.56. The average Bonchev–Trinajstić information content (AvgIpc) is 2.60. The molecule has 0 radical (unpaired) electrons. The van der Waals surface area contributed by atoms with Gasteiger partial charge in [-0.2, -0.15) is 0 Å². The van der Waals surface area contributed by atoms with Crippen LogP contribution in [-0.2, 0) is 0 Å². The number of fused-ring (bicyclic) bond motifs is 1. The summed E-state index contributed by atoms with van der Waals surface area (Å²) in [5, 5.41) is 0. The van der Waals surface area contributed by atoms with Gasteiger partial charge in [-0.15, -0.1) is 0 Å². The van der Waals surface area contributed by atoms with Gasteiger partial charge in [0.2, 0.25) is 0 Å². The first-order valence-corrected chi connectivity index (χ1v) is 9.00. The van der Waals surface area contributed by atoms with Gasteiger partial charge >= 0.3 is 0 Å². The van der Waals surface area contributed by atoms with Gasteiger partial charge in [-0.05, 0) is 87.4 Å². The fourth-order valence-corrected chi connectivity index (χ4v) is 5.18. The van der Waals surface area contributed by atoms with Gasteiger partial charge in [0.05, 0.1) is 0 Å². The summed E-state index contributed by atoms with van der Waals surface area (Å²) in [6, 6.07) is 0. The topological polar surface area (TPSA) is 0 Å². The molecule has 0 bridgehead atoms. The van der Waals surface area contributed by atoms with Gasteiger partial charge in [0, 0.05) is 0 Å². The normalized spacial score (nSPS) is 41.4. The lowest BCUT2D eigenvalue weighted by Crippen LogP contribution is -2.33. The Labute approximate surface area is 127 Å². The smallest absolute Gasteiger partial charge is 0.0206 e. The predicted octanol–water partition coefficient (Wildman–Crippen LogP) is 6.47. The van der Waals surface area contributed by atoms with Gasteiger partial charge in [0.25, 0.3) is 0 Å². The van der Waals surface area contributed by atoms with E-state index in [0.29, 0.717) is 5.41 Å². The third kappa shape index (κ3) is 3.00. The van der Waals surface area contributed by atoms with Crippen molar-refractivity contribution in [3.05, 3.63) is 11.6 Å². The molecule has 0 N–H and O–H groups in total. The minimum atomic E-state index is 0.625. The Morgan fingerprint density at radius 2 is 1.85 bits per heavy atom. The van der Waals surface area contributed by atoms with E-state index in [1.807, 2.05) is 0 Å². The third-order valence-corrected chi connectivity index (χ3v) is 6.83. The summed E-state index contributed by atoms with van der Waals surface area (Å²) in [5.41, 5.74) is 2.13. The van der Waals surface area contributed by atoms with Crippen molar-refractivity contribution in [3.63, 3.8) is 0 Å². The highest BCUT2D eigenvalue weighted by Gasteiger charge is 2.50. The van der Waals surface area contributed by atoms with Crippen molar-refractivity contribution in [2.75, 3.05) is 0 Å². The van der Waals surface area contributed by atoms with Crippen molar-refractivity contribution in [2.24, 2.45) is 35.0 Å². The van der Waals surface area contributed by atoms with Crippen molar-refractivity contribution >= 4 is 0 Å². The molecule has 2 saturated carbocycles. The zero-order chi connectivity index (χ0) is 14.9. The van der Waals surface area contributed by atoms with E-state index in [1.54, 1.807) is 0 Å². The summed E-state index contributed by atoms with van der Waals surface area (Å²) in [6.07, 6.45) is 11.3. The Kier molecular flexibility index (Phi) is 5.03. The molecular formula is C20H36. The second kappa shape index (κ2) is 6.24. The van der Waals surface area contributed by atoms with Crippen LogP contribution in [0.4, 0.5) is 0 Å². The van der Waals surface area contributed by atoms with E-state index in [0.717, 1.165) is 29.6 Å². The molecule has 116 valence electrons. The Morgan fingerprint density at radius 1 is 1.15 bits per heavy atom. The zero-order valence-electron chi connectivity index (χ0n) is 14.7. The van der Waals surface area contributed by atoms with Crippen LogP contribution in [0, 0.1) is 35.0 Å². The molecule has 2 fully saturated rings. The molecule has 2 aliphatic rings. The minimum absolute atomic E-state index is 0.625. The van der Waals surface area contributed by atoms with E-state index in [-0.39, 0.29) is 0 Å². The van der Waals surface area contributed by atoms with Crippen LogP contribution in [0.5, 0.6) is 0 Å². The first-order chi connectivity index (χ1) is 9.36. The van der Waals surface area contributed by atoms with E-state index < -0.39 is 0 Å². The lowest BCUT2D eigenvalue weighted by molar-refractivity contribution is 0.0939. The van der Waals surface area contributed by atoms with Crippen LogP contribution in [0.3, 0.4) is 0 Å². The molecule has 0 unspecified atom stereocenters. The van der Waals surface area contributed by atoms with Crippen LogP contribution in [0.25, 0.3) is 0 Å². The maximum atomic E-state index is 2.56. The summed E-state index contributed by atoms with van der Waals surface area (Å²) in [5.74, 6) is 4.67. The first-order valence-electron chi connectivity index (χ1n) is 9.00. The quantitative estimate of drug-likeness (QED) is 0.518. The number of hydrogen-bond donors (Lipinski definition) is 0. The molecule has 0 saturated heterocycles. The van der Waals surface area contributed by atoms with Crippen molar-refractivity contribution in [2.45, 2.75) is 80.1 Å². The molecule has 0 aliphatic heterocycles. The van der Waals surface area contributed by atoms with Gasteiger partial charge < -0.3 is 0 Å². The SMILES string of the molecule is CC(C)=CC[C@@]12CC[C@H](C)[C@@H]1C[C@H](C(C)C)CC[C@@H]2C. The summed E-state index contributed by atoms with van der Waals surface area (Å²) < 4.78 is 0. The summed E-state index contributed by atoms with van der Waals surface area (Å²) in [4.78, 5) is 0. The second-order valence-electron chi connectivity index (χ2n) is 8.56. The maximum Gasteiger partial charge on any atom is -0.0206 e. The third-order valence-electron chi connectivity index (χ3n) is 6.83. The highest BCUT2D eigenvalue weighted by molar-refractivity contribution is 5.06. The standard InChI is InChI=1S/C20H36/c1-14(2)9-11-20-12-10-16(5)19(20)13-18(15(3)4)8-7-17(20)6/h9,15-19H,7-8,10-13H2,1-6H3/t16-,17-,18+,19-,20-/m0/s1. The molecule has 0 aromatic carbocycles. The van der Waals surface area contributed by atoms with E-state index in [1.165, 1.54) is 44.1 Å². The monoisotopic (exact) mass is 276 g/mol. The van der Waals surface area contributed by atoms with E-state index in [9.17, 15) is 0 Å². The lowest BCUT2D eigenvalue weighted by atomic mass is 9.64. The van der Waals surface area contributed by atoms with Gasteiger partial charge in [-0.25, -0.2) is 0 Å². The van der Waals surface area contributed by atoms with E-state index >= 15 is 0 Å². The van der Waals surface area contributed by atoms with E-state index in [2.05, 4.69) is 47.6 Å². The number of allylic oxidation sites excluding steroid dienone is 2. The fraction of sp³-hybridized carbons (Fsp3) is 0.900. The Bertz CT molecular complexity index is 347. The Balaban J connectivity index is 2.28. The molecule has 0 aromatic rings. The van der Waals surface area contributed by atoms with Crippen molar-refractivity contribution in [3.8, 4) is 0 Å². The summed E-state index contributed by atoms with van der Waals surface area (Å²) >= 11 is 0. The fourth-order valence-electron chi connectivity index (χ4n) is 5.18. The first kappa shape index (κ1) is 16.1. The van der Waals surface area contributed by atoms with Crippen LogP contribution in [0.2, 0.25) is 0 Å². The van der Waals surface area contributed by atoms with Crippen LogP contribution in [0.1, 0.15) is 80.1 Å². The summed E-state index contributed by atoms with van der Waals surface area (Å²) in [6.45, 7) is 14.5. The molecule has 0 aromatic heterocycles. The number of rotatable bonds is 3. The van der Waals surface area contributed by atoms with Crippen LogP contribution in [-0.4, -0.2) is 0 Å². The van der Waals surface area contributed by atoms with E-state index in [4.69, 9.17) is 0 Å². The molecule has 0 heterocycles. The molecule has 0 heteroatoms. The molecule has 0 spiro atoms. The predicted molar refractivity (Wildman–Crippen MR) is 89.7 cm³/mol. The molecular weight excluding hydrogens is 240 g/mol. The van der Waals surface area contributed by atoms with Crippen LogP contribution in [0.15, 0.2) is 11.6 Å². The van der Waals surface area contributed by atoms with Crippen LogP contribution < -0.4 is 0 Å². The van der Waals surface area contributed by atoms with Crippen molar-refractivity contribution < 1.29 is 0 Å². The Hall–Kier alpha value is -0.260.